The van der Waals surface area contributed by atoms with Crippen LogP contribution in [0.25, 0.3) is 0 Å². The van der Waals surface area contributed by atoms with E-state index in [9.17, 15) is 14.4 Å². The summed E-state index contributed by atoms with van der Waals surface area (Å²) in [6, 6.07) is 14.3. The Morgan fingerprint density at radius 3 is 2.45 bits per heavy atom. The normalized spacial score (nSPS) is 21.1. The summed E-state index contributed by atoms with van der Waals surface area (Å²) in [6.07, 6.45) is 0.652. The maximum absolute atomic E-state index is 13.7. The van der Waals surface area contributed by atoms with Crippen molar-refractivity contribution in [3.8, 4) is 0 Å². The molecule has 0 aromatic heterocycles. The van der Waals surface area contributed by atoms with E-state index < -0.39 is 18.2 Å². The molecule has 3 amide bonds. The Hall–Kier alpha value is -3.35. The number of hydrogen-bond acceptors (Lipinski definition) is 4. The van der Waals surface area contributed by atoms with Gasteiger partial charge in [0.1, 0.15) is 0 Å². The van der Waals surface area contributed by atoms with E-state index in [0.29, 0.717) is 36.8 Å². The molecule has 0 unspecified atom stereocenters. The van der Waals surface area contributed by atoms with Gasteiger partial charge < -0.3 is 15.0 Å². The van der Waals surface area contributed by atoms with E-state index >= 15 is 0 Å². The van der Waals surface area contributed by atoms with E-state index in [1.807, 2.05) is 42.2 Å². The van der Waals surface area contributed by atoms with E-state index in [2.05, 4.69) is 12.2 Å². The lowest BCUT2D eigenvalue weighted by atomic mass is 9.96. The number of cyclic esters (lactones) is 1. The van der Waals surface area contributed by atoms with E-state index in [0.717, 1.165) is 24.0 Å². The molecule has 2 aliphatic rings. The molecular weight excluding hydrogens is 418 g/mol. The average molecular weight is 450 g/mol. The zero-order chi connectivity index (χ0) is 23.5. The molecule has 0 aliphatic carbocycles. The fraction of sp³-hybridized carbons (Fsp3) is 0.423. The van der Waals surface area contributed by atoms with Crippen molar-refractivity contribution in [1.29, 1.82) is 0 Å². The summed E-state index contributed by atoms with van der Waals surface area (Å²) in [5.41, 5.74) is 3.36. The Kier molecular flexibility index (Phi) is 6.67. The Labute approximate surface area is 194 Å². The highest BCUT2D eigenvalue weighted by atomic mass is 16.6. The van der Waals surface area contributed by atoms with Gasteiger partial charge in [0.05, 0.1) is 6.54 Å². The van der Waals surface area contributed by atoms with Crippen molar-refractivity contribution in [3.05, 3.63) is 65.2 Å². The predicted molar refractivity (Wildman–Crippen MR) is 125 cm³/mol. The summed E-state index contributed by atoms with van der Waals surface area (Å²) in [4.78, 5) is 41.7. The topological polar surface area (TPSA) is 79.0 Å². The van der Waals surface area contributed by atoms with Gasteiger partial charge in [0.2, 0.25) is 11.8 Å². The highest BCUT2D eigenvalue weighted by Gasteiger charge is 2.48. The van der Waals surface area contributed by atoms with Gasteiger partial charge in [-0.05, 0) is 48.9 Å². The van der Waals surface area contributed by atoms with Crippen LogP contribution < -0.4 is 5.32 Å². The number of carbonyl (C=O) groups excluding carboxylic acids is 3. The minimum atomic E-state index is -0.764. The number of rotatable bonds is 5. The molecule has 2 saturated heterocycles. The molecule has 33 heavy (non-hydrogen) atoms. The first-order valence-corrected chi connectivity index (χ1v) is 11.5. The SMILES string of the molecule is CC(=O)Nc1cccc([C@@H]2OC(=O)N(Cc3ccc(C)cc3)[C@H]2C(=O)N2CCC(C)CC2)c1. The van der Waals surface area contributed by atoms with Crippen LogP contribution in [0.3, 0.4) is 0 Å². The number of amides is 3. The molecule has 2 fully saturated rings. The van der Waals surface area contributed by atoms with Crippen molar-refractivity contribution in [3.63, 3.8) is 0 Å². The Balaban J connectivity index is 1.66. The molecule has 2 aromatic carbocycles. The third-order valence-electron chi connectivity index (χ3n) is 6.44. The van der Waals surface area contributed by atoms with Crippen LogP contribution in [0.1, 0.15) is 49.5 Å². The molecule has 0 spiro atoms. The van der Waals surface area contributed by atoms with Crippen LogP contribution in [-0.2, 0) is 20.9 Å². The number of anilines is 1. The van der Waals surface area contributed by atoms with Gasteiger partial charge in [-0.1, -0.05) is 48.9 Å². The number of nitrogens with one attached hydrogen (secondary N) is 1. The van der Waals surface area contributed by atoms with Crippen LogP contribution in [0.15, 0.2) is 48.5 Å². The molecular formula is C26H31N3O4. The number of aryl methyl sites for hydroxylation is 1. The van der Waals surface area contributed by atoms with Gasteiger partial charge in [0.15, 0.2) is 12.1 Å². The fourth-order valence-electron chi connectivity index (χ4n) is 4.50. The lowest BCUT2D eigenvalue weighted by Gasteiger charge is -2.34. The van der Waals surface area contributed by atoms with Crippen molar-refractivity contribution < 1.29 is 19.1 Å². The second-order valence-corrected chi connectivity index (χ2v) is 9.18. The lowest BCUT2D eigenvalue weighted by Crippen LogP contribution is -2.50. The number of hydrogen-bond donors (Lipinski definition) is 1. The van der Waals surface area contributed by atoms with E-state index in [1.165, 1.54) is 6.92 Å². The van der Waals surface area contributed by atoms with Gasteiger partial charge in [-0.25, -0.2) is 4.79 Å². The summed E-state index contributed by atoms with van der Waals surface area (Å²) in [5.74, 6) is 0.311. The third kappa shape index (κ3) is 5.18. The molecule has 0 radical (unpaired) electrons. The van der Waals surface area contributed by atoms with Crippen molar-refractivity contribution in [1.82, 2.24) is 9.80 Å². The smallest absolute Gasteiger partial charge is 0.411 e. The van der Waals surface area contributed by atoms with Crippen molar-refractivity contribution >= 4 is 23.6 Å². The average Bonchev–Trinajstić information content (AvgIpc) is 3.11. The minimum absolute atomic E-state index is 0.0882. The quantitative estimate of drug-likeness (QED) is 0.739. The van der Waals surface area contributed by atoms with E-state index in [-0.39, 0.29) is 11.8 Å². The van der Waals surface area contributed by atoms with Gasteiger partial charge in [-0.3, -0.25) is 14.5 Å². The molecule has 174 valence electrons. The summed E-state index contributed by atoms with van der Waals surface area (Å²) < 4.78 is 5.79. The number of nitrogens with zero attached hydrogens (tertiary/aromatic N) is 2. The van der Waals surface area contributed by atoms with Crippen LogP contribution in [0.2, 0.25) is 0 Å². The monoisotopic (exact) mass is 449 g/mol. The first-order valence-electron chi connectivity index (χ1n) is 11.5. The molecule has 2 atom stereocenters. The van der Waals surface area contributed by atoms with Crippen LogP contribution in [0, 0.1) is 12.8 Å². The van der Waals surface area contributed by atoms with Gasteiger partial charge in [-0.15, -0.1) is 0 Å². The second-order valence-electron chi connectivity index (χ2n) is 9.18. The highest BCUT2D eigenvalue weighted by molar-refractivity contribution is 5.90. The number of benzene rings is 2. The maximum atomic E-state index is 13.7. The molecule has 7 heteroatoms. The third-order valence-corrected chi connectivity index (χ3v) is 6.44. The van der Waals surface area contributed by atoms with Gasteiger partial charge >= 0.3 is 6.09 Å². The summed E-state index contributed by atoms with van der Waals surface area (Å²) in [6.45, 7) is 7.31. The summed E-state index contributed by atoms with van der Waals surface area (Å²) in [5, 5.41) is 2.76. The summed E-state index contributed by atoms with van der Waals surface area (Å²) in [7, 11) is 0. The zero-order valence-electron chi connectivity index (χ0n) is 19.4. The van der Waals surface area contributed by atoms with Crippen molar-refractivity contribution in [2.24, 2.45) is 5.92 Å². The van der Waals surface area contributed by atoms with E-state index in [1.54, 1.807) is 23.1 Å². The van der Waals surface area contributed by atoms with Gasteiger partial charge in [-0.2, -0.15) is 0 Å². The molecule has 4 rings (SSSR count). The first kappa shape index (κ1) is 22.8. The number of piperidine rings is 1. The van der Waals surface area contributed by atoms with Crippen LogP contribution in [0.4, 0.5) is 10.5 Å². The standard InChI is InChI=1S/C26H31N3O4/c1-17-7-9-20(10-8-17)16-29-23(25(31)28-13-11-18(2)12-14-28)24(33-26(29)32)21-5-4-6-22(15-21)27-19(3)30/h4-10,15,18,23-24H,11-14,16H2,1-3H3,(H,27,30)/t23-,24+/m1/s1. The number of likely N-dealkylation sites (tertiary alicyclic amines) is 1. The van der Waals surface area contributed by atoms with Crippen LogP contribution in [-0.4, -0.2) is 46.8 Å². The predicted octanol–water partition coefficient (Wildman–Crippen LogP) is 4.27. The summed E-state index contributed by atoms with van der Waals surface area (Å²) >= 11 is 0. The zero-order valence-corrected chi connectivity index (χ0v) is 19.4. The molecule has 0 saturated carbocycles. The molecule has 2 aliphatic heterocycles. The lowest BCUT2D eigenvalue weighted by molar-refractivity contribution is -0.138. The fourth-order valence-corrected chi connectivity index (χ4v) is 4.50. The van der Waals surface area contributed by atoms with E-state index in [4.69, 9.17) is 4.74 Å². The molecule has 1 N–H and O–H groups in total. The van der Waals surface area contributed by atoms with Crippen LogP contribution >= 0.6 is 0 Å². The molecule has 7 nitrogen and oxygen atoms in total. The maximum Gasteiger partial charge on any atom is 0.411 e. The second kappa shape index (κ2) is 9.65. The minimum Gasteiger partial charge on any atom is -0.438 e. The van der Waals surface area contributed by atoms with Gasteiger partial charge in [0.25, 0.3) is 0 Å². The number of carbonyl (C=O) groups is 3. The van der Waals surface area contributed by atoms with Crippen molar-refractivity contribution in [2.45, 2.75) is 52.3 Å². The molecule has 2 aromatic rings. The highest BCUT2D eigenvalue weighted by Crippen LogP contribution is 2.36. The Morgan fingerprint density at radius 1 is 1.09 bits per heavy atom. The van der Waals surface area contributed by atoms with Crippen LogP contribution in [0.5, 0.6) is 0 Å². The Bertz CT molecular complexity index is 1030. The molecule has 0 bridgehead atoms. The largest absolute Gasteiger partial charge is 0.438 e. The number of ether oxygens (including phenoxy) is 1. The first-order chi connectivity index (χ1) is 15.8. The van der Waals surface area contributed by atoms with Gasteiger partial charge in [0, 0.05) is 25.7 Å². The Morgan fingerprint density at radius 2 is 1.79 bits per heavy atom. The molecule has 2 heterocycles. The van der Waals surface area contributed by atoms with Crippen molar-refractivity contribution in [2.75, 3.05) is 18.4 Å².